The fourth-order valence-corrected chi connectivity index (χ4v) is 3.35. The van der Waals surface area contributed by atoms with Gasteiger partial charge in [0.2, 0.25) is 0 Å². The highest BCUT2D eigenvalue weighted by atomic mass is 32.2. The third-order valence-electron chi connectivity index (χ3n) is 3.38. The summed E-state index contributed by atoms with van der Waals surface area (Å²) in [6, 6.07) is 6.94. The van der Waals surface area contributed by atoms with Crippen LogP contribution in [0.2, 0.25) is 0 Å². The zero-order chi connectivity index (χ0) is 14.2. The SMILES string of the molecule is Cc1ccncc1NS(=O)(=O)c1ccc2c(c1)NCC2. The van der Waals surface area contributed by atoms with Crippen LogP contribution in [-0.4, -0.2) is 19.9 Å². The number of fused-ring (bicyclic) bond motifs is 1. The molecule has 0 amide bonds. The first-order valence-electron chi connectivity index (χ1n) is 6.36. The molecule has 104 valence electrons. The maximum absolute atomic E-state index is 12.4. The molecule has 0 unspecified atom stereocenters. The Hall–Kier alpha value is -2.08. The summed E-state index contributed by atoms with van der Waals surface area (Å²) in [4.78, 5) is 4.20. The summed E-state index contributed by atoms with van der Waals surface area (Å²) in [5.41, 5.74) is 3.39. The second kappa shape index (κ2) is 4.79. The topological polar surface area (TPSA) is 71.1 Å². The molecule has 3 rings (SSSR count). The lowest BCUT2D eigenvalue weighted by Crippen LogP contribution is -2.14. The Kier molecular flexibility index (Phi) is 3.10. The van der Waals surface area contributed by atoms with Crippen molar-refractivity contribution in [3.63, 3.8) is 0 Å². The van der Waals surface area contributed by atoms with Crippen LogP contribution in [0.4, 0.5) is 11.4 Å². The van der Waals surface area contributed by atoms with Crippen LogP contribution in [0, 0.1) is 6.92 Å². The molecule has 0 fully saturated rings. The molecule has 0 radical (unpaired) electrons. The van der Waals surface area contributed by atoms with Gasteiger partial charge >= 0.3 is 0 Å². The Morgan fingerprint density at radius 3 is 2.95 bits per heavy atom. The van der Waals surface area contributed by atoms with Gasteiger partial charge in [0.05, 0.1) is 16.8 Å². The van der Waals surface area contributed by atoms with E-state index in [0.717, 1.165) is 29.8 Å². The van der Waals surface area contributed by atoms with E-state index in [4.69, 9.17) is 0 Å². The van der Waals surface area contributed by atoms with Gasteiger partial charge in [-0.3, -0.25) is 9.71 Å². The summed E-state index contributed by atoms with van der Waals surface area (Å²) in [7, 11) is -3.59. The molecule has 0 saturated heterocycles. The van der Waals surface area contributed by atoms with Crippen molar-refractivity contribution in [2.75, 3.05) is 16.6 Å². The number of benzene rings is 1. The molecule has 0 saturated carbocycles. The monoisotopic (exact) mass is 289 g/mol. The number of sulfonamides is 1. The lowest BCUT2D eigenvalue weighted by atomic mass is 10.2. The van der Waals surface area contributed by atoms with Gasteiger partial charge in [-0.25, -0.2) is 8.42 Å². The van der Waals surface area contributed by atoms with Gasteiger partial charge in [0.1, 0.15) is 0 Å². The normalized spacial score (nSPS) is 13.7. The average molecular weight is 289 g/mol. The van der Waals surface area contributed by atoms with Gasteiger partial charge < -0.3 is 5.32 Å². The van der Waals surface area contributed by atoms with E-state index in [1.54, 1.807) is 24.4 Å². The van der Waals surface area contributed by atoms with Crippen LogP contribution in [0.15, 0.2) is 41.6 Å². The summed E-state index contributed by atoms with van der Waals surface area (Å²) >= 11 is 0. The molecule has 0 spiro atoms. The number of aryl methyl sites for hydroxylation is 1. The van der Waals surface area contributed by atoms with Crippen LogP contribution in [0.25, 0.3) is 0 Å². The minimum Gasteiger partial charge on any atom is -0.384 e. The molecule has 6 heteroatoms. The van der Waals surface area contributed by atoms with Crippen LogP contribution in [0.1, 0.15) is 11.1 Å². The van der Waals surface area contributed by atoms with Crippen molar-refractivity contribution in [2.45, 2.75) is 18.2 Å². The molecular weight excluding hydrogens is 274 g/mol. The van der Waals surface area contributed by atoms with Crippen LogP contribution >= 0.6 is 0 Å². The average Bonchev–Trinajstić information content (AvgIpc) is 2.88. The van der Waals surface area contributed by atoms with Crippen molar-refractivity contribution in [3.05, 3.63) is 47.8 Å². The van der Waals surface area contributed by atoms with Crippen LogP contribution in [0.3, 0.4) is 0 Å². The Balaban J connectivity index is 1.94. The van der Waals surface area contributed by atoms with Crippen molar-refractivity contribution < 1.29 is 8.42 Å². The molecule has 2 N–H and O–H groups in total. The molecule has 20 heavy (non-hydrogen) atoms. The van der Waals surface area contributed by atoms with E-state index >= 15 is 0 Å². The second-order valence-corrected chi connectivity index (χ2v) is 6.47. The van der Waals surface area contributed by atoms with E-state index in [1.165, 1.54) is 6.20 Å². The minimum absolute atomic E-state index is 0.258. The van der Waals surface area contributed by atoms with E-state index in [0.29, 0.717) is 5.69 Å². The van der Waals surface area contributed by atoms with Crippen LogP contribution in [-0.2, 0) is 16.4 Å². The molecule has 2 heterocycles. The molecule has 0 bridgehead atoms. The van der Waals surface area contributed by atoms with Gasteiger partial charge in [-0.15, -0.1) is 0 Å². The molecule has 1 aliphatic rings. The molecule has 1 aromatic heterocycles. The smallest absolute Gasteiger partial charge is 0.262 e. The number of pyridine rings is 1. The van der Waals surface area contributed by atoms with Gasteiger partial charge in [-0.1, -0.05) is 6.07 Å². The fourth-order valence-electron chi connectivity index (χ4n) is 2.21. The minimum atomic E-state index is -3.59. The standard InChI is InChI=1S/C14H15N3O2S/c1-10-4-6-15-9-14(10)17-20(18,19)12-3-2-11-5-7-16-13(11)8-12/h2-4,6,8-9,16-17H,5,7H2,1H3. The highest BCUT2D eigenvalue weighted by Crippen LogP contribution is 2.26. The first-order chi connectivity index (χ1) is 9.56. The largest absolute Gasteiger partial charge is 0.384 e. The third-order valence-corrected chi connectivity index (χ3v) is 4.75. The Labute approximate surface area is 118 Å². The van der Waals surface area contributed by atoms with Gasteiger partial charge in [-0.2, -0.15) is 0 Å². The second-order valence-electron chi connectivity index (χ2n) is 4.79. The van der Waals surface area contributed by atoms with Gasteiger partial charge in [0.15, 0.2) is 0 Å². The number of hydrogen-bond acceptors (Lipinski definition) is 4. The lowest BCUT2D eigenvalue weighted by Gasteiger charge is -2.11. The molecule has 1 aliphatic heterocycles. The van der Waals surface area contributed by atoms with Crippen LogP contribution in [0.5, 0.6) is 0 Å². The quantitative estimate of drug-likeness (QED) is 0.908. The van der Waals surface area contributed by atoms with E-state index in [2.05, 4.69) is 15.0 Å². The number of aromatic nitrogens is 1. The summed E-state index contributed by atoms with van der Waals surface area (Å²) in [5.74, 6) is 0. The highest BCUT2D eigenvalue weighted by molar-refractivity contribution is 7.92. The molecule has 1 aromatic carbocycles. The molecular formula is C14H15N3O2S. The Bertz CT molecular complexity index is 757. The Morgan fingerprint density at radius 1 is 1.30 bits per heavy atom. The van der Waals surface area contributed by atoms with Crippen LogP contribution < -0.4 is 10.0 Å². The van der Waals surface area contributed by atoms with E-state index in [9.17, 15) is 8.42 Å². The van der Waals surface area contributed by atoms with Gasteiger partial charge in [0, 0.05) is 18.4 Å². The van der Waals surface area contributed by atoms with E-state index in [-0.39, 0.29) is 4.90 Å². The number of nitrogens with one attached hydrogen (secondary N) is 2. The molecule has 0 aliphatic carbocycles. The highest BCUT2D eigenvalue weighted by Gasteiger charge is 2.18. The first-order valence-corrected chi connectivity index (χ1v) is 7.85. The summed E-state index contributed by atoms with van der Waals surface area (Å²) < 4.78 is 27.3. The summed E-state index contributed by atoms with van der Waals surface area (Å²) in [6.45, 7) is 2.69. The maximum Gasteiger partial charge on any atom is 0.262 e. The summed E-state index contributed by atoms with van der Waals surface area (Å²) in [6.07, 6.45) is 4.08. The maximum atomic E-state index is 12.4. The fraction of sp³-hybridized carbons (Fsp3) is 0.214. The van der Waals surface area contributed by atoms with Crippen molar-refractivity contribution in [1.82, 2.24) is 4.98 Å². The van der Waals surface area contributed by atoms with Gasteiger partial charge in [0.25, 0.3) is 10.0 Å². The number of hydrogen-bond donors (Lipinski definition) is 2. The van der Waals surface area contributed by atoms with E-state index < -0.39 is 10.0 Å². The molecule has 0 atom stereocenters. The van der Waals surface area contributed by atoms with Crippen molar-refractivity contribution in [1.29, 1.82) is 0 Å². The number of rotatable bonds is 3. The van der Waals surface area contributed by atoms with Gasteiger partial charge in [-0.05, 0) is 42.7 Å². The Morgan fingerprint density at radius 2 is 2.15 bits per heavy atom. The molecule has 5 nitrogen and oxygen atoms in total. The summed E-state index contributed by atoms with van der Waals surface area (Å²) in [5, 5.41) is 3.18. The zero-order valence-electron chi connectivity index (χ0n) is 11.1. The predicted octanol–water partition coefficient (Wildman–Crippen LogP) is 2.16. The number of anilines is 2. The van der Waals surface area contributed by atoms with Crippen molar-refractivity contribution in [2.24, 2.45) is 0 Å². The lowest BCUT2D eigenvalue weighted by molar-refractivity contribution is 0.601. The zero-order valence-corrected chi connectivity index (χ0v) is 11.9. The third kappa shape index (κ3) is 2.34. The number of nitrogens with zero attached hydrogens (tertiary/aromatic N) is 1. The van der Waals surface area contributed by atoms with E-state index in [1.807, 2.05) is 13.0 Å². The van der Waals surface area contributed by atoms with Crippen molar-refractivity contribution in [3.8, 4) is 0 Å². The predicted molar refractivity (Wildman–Crippen MR) is 78.4 cm³/mol. The first kappa shape index (κ1) is 12.9. The molecule has 2 aromatic rings. The van der Waals surface area contributed by atoms with Crippen molar-refractivity contribution >= 4 is 21.4 Å².